The largest absolute Gasteiger partial charge is 0.395 e. The molecule has 0 spiro atoms. The van der Waals surface area contributed by atoms with Crippen LogP contribution in [-0.4, -0.2) is 41.6 Å². The SMILES string of the molecule is CC1CCN(C(CO)CCl)CC1. The lowest BCUT2D eigenvalue weighted by Gasteiger charge is -2.34. The molecular weight excluding hydrogens is 174 g/mol. The molecule has 1 N–H and O–H groups in total. The molecule has 1 unspecified atom stereocenters. The van der Waals surface area contributed by atoms with Crippen LogP contribution in [0.3, 0.4) is 0 Å². The third-order valence-electron chi connectivity index (χ3n) is 2.72. The molecule has 0 bridgehead atoms. The number of hydrogen-bond acceptors (Lipinski definition) is 2. The highest BCUT2D eigenvalue weighted by atomic mass is 35.5. The second-order valence-corrected chi connectivity index (χ2v) is 4.02. The van der Waals surface area contributed by atoms with Crippen LogP contribution in [0.4, 0.5) is 0 Å². The minimum atomic E-state index is 0.180. The van der Waals surface area contributed by atoms with Crippen molar-refractivity contribution in [2.24, 2.45) is 5.92 Å². The van der Waals surface area contributed by atoms with Crippen LogP contribution < -0.4 is 0 Å². The first-order chi connectivity index (χ1) is 5.77. The van der Waals surface area contributed by atoms with E-state index in [9.17, 15) is 0 Å². The highest BCUT2D eigenvalue weighted by Crippen LogP contribution is 2.18. The summed E-state index contributed by atoms with van der Waals surface area (Å²) in [6.45, 7) is 4.67. The van der Waals surface area contributed by atoms with Gasteiger partial charge in [-0.3, -0.25) is 4.90 Å². The Morgan fingerprint density at radius 1 is 1.50 bits per heavy atom. The lowest BCUT2D eigenvalue weighted by atomic mass is 9.98. The van der Waals surface area contributed by atoms with Crippen molar-refractivity contribution in [2.45, 2.75) is 25.8 Å². The first-order valence-corrected chi connectivity index (χ1v) is 5.22. The molecule has 1 aliphatic heterocycles. The molecule has 0 radical (unpaired) electrons. The number of aliphatic hydroxyl groups excluding tert-OH is 1. The molecule has 1 saturated heterocycles. The molecule has 1 fully saturated rings. The fourth-order valence-corrected chi connectivity index (χ4v) is 1.95. The highest BCUT2D eigenvalue weighted by Gasteiger charge is 2.21. The average Bonchev–Trinajstić information content (AvgIpc) is 2.10. The Morgan fingerprint density at radius 3 is 2.50 bits per heavy atom. The normalized spacial score (nSPS) is 24.2. The van der Waals surface area contributed by atoms with Gasteiger partial charge in [0.1, 0.15) is 0 Å². The van der Waals surface area contributed by atoms with E-state index >= 15 is 0 Å². The average molecular weight is 192 g/mol. The first kappa shape index (κ1) is 10.3. The lowest BCUT2D eigenvalue weighted by molar-refractivity contribution is 0.102. The van der Waals surface area contributed by atoms with E-state index in [4.69, 9.17) is 16.7 Å². The van der Waals surface area contributed by atoms with Gasteiger partial charge in [-0.1, -0.05) is 6.92 Å². The van der Waals surface area contributed by atoms with Gasteiger partial charge in [-0.15, -0.1) is 11.6 Å². The van der Waals surface area contributed by atoms with Crippen molar-refractivity contribution in [1.82, 2.24) is 4.90 Å². The molecule has 0 aromatic heterocycles. The van der Waals surface area contributed by atoms with E-state index in [1.165, 1.54) is 12.8 Å². The number of rotatable bonds is 3. The molecule has 0 aromatic rings. The standard InChI is InChI=1S/C9H18ClNO/c1-8-2-4-11(5-3-8)9(6-10)7-12/h8-9,12H,2-7H2,1H3. The van der Waals surface area contributed by atoms with Gasteiger partial charge in [-0.2, -0.15) is 0 Å². The van der Waals surface area contributed by atoms with Crippen molar-refractivity contribution in [3.05, 3.63) is 0 Å². The van der Waals surface area contributed by atoms with Crippen LogP contribution in [0.5, 0.6) is 0 Å². The molecule has 1 rings (SSSR count). The lowest BCUT2D eigenvalue weighted by Crippen LogP contribution is -2.44. The number of halogens is 1. The smallest absolute Gasteiger partial charge is 0.0598 e. The predicted octanol–water partition coefficient (Wildman–Crippen LogP) is 1.32. The molecule has 2 nitrogen and oxygen atoms in total. The molecule has 1 heterocycles. The number of alkyl halides is 1. The van der Waals surface area contributed by atoms with E-state index in [1.54, 1.807) is 0 Å². The quantitative estimate of drug-likeness (QED) is 0.681. The fraction of sp³-hybridized carbons (Fsp3) is 1.00. The van der Waals surface area contributed by atoms with Gasteiger partial charge in [0, 0.05) is 11.9 Å². The van der Waals surface area contributed by atoms with Crippen LogP contribution in [0.1, 0.15) is 19.8 Å². The molecule has 72 valence electrons. The molecular formula is C9H18ClNO. The van der Waals surface area contributed by atoms with Crippen molar-refractivity contribution in [2.75, 3.05) is 25.6 Å². The van der Waals surface area contributed by atoms with E-state index in [2.05, 4.69) is 11.8 Å². The Hall–Kier alpha value is 0.210. The number of piperidine rings is 1. The minimum Gasteiger partial charge on any atom is -0.395 e. The van der Waals surface area contributed by atoms with Gasteiger partial charge >= 0.3 is 0 Å². The summed E-state index contributed by atoms with van der Waals surface area (Å²) in [6, 6.07) is 0.180. The summed E-state index contributed by atoms with van der Waals surface area (Å²) in [4.78, 5) is 2.30. The molecule has 1 atom stereocenters. The summed E-state index contributed by atoms with van der Waals surface area (Å²) in [5.41, 5.74) is 0. The summed E-state index contributed by atoms with van der Waals surface area (Å²) in [5, 5.41) is 9.02. The Bertz CT molecular complexity index is 120. The topological polar surface area (TPSA) is 23.5 Å². The number of aliphatic hydroxyl groups is 1. The van der Waals surface area contributed by atoms with Gasteiger partial charge in [0.05, 0.1) is 6.61 Å². The molecule has 0 amide bonds. The van der Waals surface area contributed by atoms with Crippen LogP contribution in [0.25, 0.3) is 0 Å². The molecule has 1 aliphatic rings. The van der Waals surface area contributed by atoms with Crippen LogP contribution in [0.2, 0.25) is 0 Å². The van der Waals surface area contributed by atoms with Gasteiger partial charge in [0.2, 0.25) is 0 Å². The third-order valence-corrected chi connectivity index (χ3v) is 3.08. The molecule has 0 aliphatic carbocycles. The maximum atomic E-state index is 9.02. The summed E-state index contributed by atoms with van der Waals surface area (Å²) in [5.74, 6) is 1.39. The van der Waals surface area contributed by atoms with Crippen molar-refractivity contribution >= 4 is 11.6 Å². The molecule has 0 saturated carbocycles. The van der Waals surface area contributed by atoms with Crippen LogP contribution in [0.15, 0.2) is 0 Å². The van der Waals surface area contributed by atoms with Gasteiger partial charge in [0.15, 0.2) is 0 Å². The molecule has 3 heteroatoms. The van der Waals surface area contributed by atoms with E-state index in [0.29, 0.717) is 5.88 Å². The Kier molecular flexibility index (Phi) is 4.33. The van der Waals surface area contributed by atoms with Gasteiger partial charge < -0.3 is 5.11 Å². The Morgan fingerprint density at radius 2 is 2.08 bits per heavy atom. The van der Waals surface area contributed by atoms with E-state index in [0.717, 1.165) is 19.0 Å². The number of hydrogen-bond donors (Lipinski definition) is 1. The zero-order valence-corrected chi connectivity index (χ0v) is 8.43. The van der Waals surface area contributed by atoms with Gasteiger partial charge in [-0.05, 0) is 31.8 Å². The van der Waals surface area contributed by atoms with Crippen LogP contribution in [0, 0.1) is 5.92 Å². The van der Waals surface area contributed by atoms with Crippen LogP contribution in [-0.2, 0) is 0 Å². The molecule has 12 heavy (non-hydrogen) atoms. The number of likely N-dealkylation sites (tertiary alicyclic amines) is 1. The third kappa shape index (κ3) is 2.61. The Balaban J connectivity index is 2.32. The Labute approximate surface area is 79.5 Å². The summed E-state index contributed by atoms with van der Waals surface area (Å²) < 4.78 is 0. The summed E-state index contributed by atoms with van der Waals surface area (Å²) in [7, 11) is 0. The highest BCUT2D eigenvalue weighted by molar-refractivity contribution is 6.18. The van der Waals surface area contributed by atoms with Gasteiger partial charge in [-0.25, -0.2) is 0 Å². The number of nitrogens with zero attached hydrogens (tertiary/aromatic N) is 1. The maximum absolute atomic E-state index is 9.02. The van der Waals surface area contributed by atoms with Gasteiger partial charge in [0.25, 0.3) is 0 Å². The van der Waals surface area contributed by atoms with E-state index < -0.39 is 0 Å². The molecule has 0 aromatic carbocycles. The van der Waals surface area contributed by atoms with Crippen molar-refractivity contribution in [3.8, 4) is 0 Å². The fourth-order valence-electron chi connectivity index (χ4n) is 1.66. The van der Waals surface area contributed by atoms with Crippen molar-refractivity contribution < 1.29 is 5.11 Å². The maximum Gasteiger partial charge on any atom is 0.0598 e. The van der Waals surface area contributed by atoms with E-state index in [1.807, 2.05) is 0 Å². The monoisotopic (exact) mass is 191 g/mol. The second-order valence-electron chi connectivity index (χ2n) is 3.71. The predicted molar refractivity (Wildman–Crippen MR) is 51.6 cm³/mol. The van der Waals surface area contributed by atoms with E-state index in [-0.39, 0.29) is 12.6 Å². The summed E-state index contributed by atoms with van der Waals surface area (Å²) in [6.07, 6.45) is 2.49. The first-order valence-electron chi connectivity index (χ1n) is 4.68. The summed E-state index contributed by atoms with van der Waals surface area (Å²) >= 11 is 5.74. The second kappa shape index (κ2) is 5.05. The minimum absolute atomic E-state index is 0.180. The van der Waals surface area contributed by atoms with Crippen molar-refractivity contribution in [3.63, 3.8) is 0 Å². The van der Waals surface area contributed by atoms with Crippen LogP contribution >= 0.6 is 11.6 Å². The zero-order valence-electron chi connectivity index (χ0n) is 7.67. The van der Waals surface area contributed by atoms with Crippen molar-refractivity contribution in [1.29, 1.82) is 0 Å². The zero-order chi connectivity index (χ0) is 8.97.